The zero-order chi connectivity index (χ0) is 25.0. The Balaban J connectivity index is 1.48. The minimum Gasteiger partial charge on any atom is -0.361 e. The van der Waals surface area contributed by atoms with Gasteiger partial charge in [0.1, 0.15) is 18.7 Å². The second-order valence-electron chi connectivity index (χ2n) is 10.8. The summed E-state index contributed by atoms with van der Waals surface area (Å²) >= 11 is 0. The molecule has 0 aromatic carbocycles. The number of allylic oxidation sites excluding steroid dienone is 2. The van der Waals surface area contributed by atoms with E-state index in [1.807, 2.05) is 28.1 Å². The fourth-order valence-corrected chi connectivity index (χ4v) is 5.43. The molecule has 9 heteroatoms. The number of alkyl halides is 2. The lowest BCUT2D eigenvalue weighted by Gasteiger charge is -2.30. The lowest BCUT2D eigenvalue weighted by atomic mass is 9.92. The molecule has 3 heterocycles. The zero-order valence-corrected chi connectivity index (χ0v) is 22.3. The van der Waals surface area contributed by atoms with E-state index in [0.29, 0.717) is 19.7 Å². The van der Waals surface area contributed by atoms with E-state index < -0.39 is 14.5 Å². The number of nitrogens with zero attached hydrogens (tertiary/aromatic N) is 5. The van der Waals surface area contributed by atoms with Crippen LogP contribution >= 0.6 is 0 Å². The molecule has 190 valence electrons. The summed E-state index contributed by atoms with van der Waals surface area (Å²) in [5.41, 5.74) is 4.15. The van der Waals surface area contributed by atoms with Crippen LogP contribution in [0.15, 0.2) is 47.0 Å². The summed E-state index contributed by atoms with van der Waals surface area (Å²) in [7, 11) is -1.13. The van der Waals surface area contributed by atoms with Crippen molar-refractivity contribution in [3.63, 3.8) is 0 Å². The number of hydrazone groups is 1. The van der Waals surface area contributed by atoms with Gasteiger partial charge in [-0.05, 0) is 43.9 Å². The predicted molar refractivity (Wildman–Crippen MR) is 140 cm³/mol. The number of ether oxygens (including phenoxy) is 1. The first-order valence-electron chi connectivity index (χ1n) is 12.5. The monoisotopic (exact) mass is 501 g/mol. The number of hydrogen-bond acceptors (Lipinski definition) is 5. The smallest absolute Gasteiger partial charge is 0.238 e. The van der Waals surface area contributed by atoms with Crippen LogP contribution in [0.4, 0.5) is 8.78 Å². The third-order valence-electron chi connectivity index (χ3n) is 6.68. The highest BCUT2D eigenvalue weighted by atomic mass is 28.3. The summed E-state index contributed by atoms with van der Waals surface area (Å²) < 4.78 is 34.1. The Morgan fingerprint density at radius 2 is 2.03 bits per heavy atom. The van der Waals surface area contributed by atoms with E-state index in [1.165, 1.54) is 5.57 Å². The summed E-state index contributed by atoms with van der Waals surface area (Å²) in [5, 5.41) is 7.63. The van der Waals surface area contributed by atoms with Gasteiger partial charge in [0.05, 0.1) is 24.2 Å². The first-order valence-corrected chi connectivity index (χ1v) is 16.3. The van der Waals surface area contributed by atoms with E-state index in [2.05, 4.69) is 53.8 Å². The van der Waals surface area contributed by atoms with Gasteiger partial charge >= 0.3 is 0 Å². The molecule has 35 heavy (non-hydrogen) atoms. The molecule has 4 rings (SSSR count). The molecule has 0 amide bonds. The standard InChI is InChI=1S/C26H37F2N5OSi/c1-19-6-5-7-20(14-19)23(8-9-24(27)28)33-16-21(15-31-33)25-22-10-11-32(26(22)30-17-29-25)18-34-12-13-35(2,3)4/h7,10-11,14-15,17,21,23-24H,5-6,8-9,12-13,16,18H2,1-4H3. The quantitative estimate of drug-likeness (QED) is 0.271. The molecule has 0 fully saturated rings. The topological polar surface area (TPSA) is 55.5 Å². The SMILES string of the molecule is CC1=CC(C(CCC(F)F)N2CC(c3ncnc4c3ccn4COCC[Si](C)(C)C)C=N2)=CCC1. The van der Waals surface area contributed by atoms with Gasteiger partial charge < -0.3 is 9.30 Å². The maximum atomic E-state index is 13.1. The summed E-state index contributed by atoms with van der Waals surface area (Å²) in [6, 6.07) is 3.01. The van der Waals surface area contributed by atoms with Gasteiger partial charge in [0.25, 0.3) is 0 Å². The number of hydrogen-bond donors (Lipinski definition) is 0. The van der Waals surface area contributed by atoms with E-state index in [-0.39, 0.29) is 18.4 Å². The Hall–Kier alpha value is -2.39. The number of aromatic nitrogens is 3. The van der Waals surface area contributed by atoms with Crippen molar-refractivity contribution in [3.8, 4) is 0 Å². The average molecular weight is 502 g/mol. The van der Waals surface area contributed by atoms with Gasteiger partial charge in [0, 0.05) is 38.9 Å². The minimum atomic E-state index is -2.32. The van der Waals surface area contributed by atoms with Gasteiger partial charge in [0.2, 0.25) is 6.43 Å². The molecule has 2 aliphatic rings. The van der Waals surface area contributed by atoms with Crippen molar-refractivity contribution in [2.75, 3.05) is 13.2 Å². The van der Waals surface area contributed by atoms with Crippen molar-refractivity contribution < 1.29 is 13.5 Å². The molecule has 1 aliphatic carbocycles. The van der Waals surface area contributed by atoms with Crippen LogP contribution < -0.4 is 0 Å². The van der Waals surface area contributed by atoms with E-state index >= 15 is 0 Å². The lowest BCUT2D eigenvalue weighted by molar-refractivity contribution is 0.0899. The van der Waals surface area contributed by atoms with Crippen LogP contribution in [-0.4, -0.2) is 59.5 Å². The van der Waals surface area contributed by atoms with Crippen LogP contribution in [0.1, 0.15) is 44.2 Å². The lowest BCUT2D eigenvalue weighted by Crippen LogP contribution is -2.33. The largest absolute Gasteiger partial charge is 0.361 e. The summed E-state index contributed by atoms with van der Waals surface area (Å²) in [5.74, 6) is -0.0209. The van der Waals surface area contributed by atoms with Crippen molar-refractivity contribution in [1.29, 1.82) is 0 Å². The van der Waals surface area contributed by atoms with Gasteiger partial charge in [-0.25, -0.2) is 18.7 Å². The van der Waals surface area contributed by atoms with Gasteiger partial charge in [-0.3, -0.25) is 5.01 Å². The van der Waals surface area contributed by atoms with Crippen molar-refractivity contribution in [1.82, 2.24) is 19.5 Å². The van der Waals surface area contributed by atoms with Crippen molar-refractivity contribution in [2.24, 2.45) is 5.10 Å². The minimum absolute atomic E-state index is 0.0209. The van der Waals surface area contributed by atoms with Crippen LogP contribution in [0, 0.1) is 0 Å². The molecular formula is C26H37F2N5OSi. The van der Waals surface area contributed by atoms with Gasteiger partial charge in [-0.1, -0.05) is 37.4 Å². The van der Waals surface area contributed by atoms with E-state index in [4.69, 9.17) is 4.74 Å². The Morgan fingerprint density at radius 3 is 2.77 bits per heavy atom. The second-order valence-corrected chi connectivity index (χ2v) is 16.5. The van der Waals surface area contributed by atoms with Crippen molar-refractivity contribution >= 4 is 25.3 Å². The fourth-order valence-electron chi connectivity index (χ4n) is 4.68. The molecule has 0 radical (unpaired) electrons. The molecule has 2 unspecified atom stereocenters. The molecule has 2 aromatic heterocycles. The van der Waals surface area contributed by atoms with Gasteiger partial charge in [0.15, 0.2) is 0 Å². The number of halogens is 2. The zero-order valence-electron chi connectivity index (χ0n) is 21.3. The Morgan fingerprint density at radius 1 is 1.20 bits per heavy atom. The molecule has 0 saturated heterocycles. The van der Waals surface area contributed by atoms with Crippen LogP contribution in [0.25, 0.3) is 11.0 Å². The van der Waals surface area contributed by atoms with Gasteiger partial charge in [-0.15, -0.1) is 0 Å². The van der Waals surface area contributed by atoms with Crippen molar-refractivity contribution in [3.05, 3.63) is 47.6 Å². The average Bonchev–Trinajstić information content (AvgIpc) is 3.44. The summed E-state index contributed by atoms with van der Waals surface area (Å²) in [6.45, 7) is 11.0. The summed E-state index contributed by atoms with van der Waals surface area (Å²) in [4.78, 5) is 9.11. The maximum absolute atomic E-state index is 13.1. The third-order valence-corrected chi connectivity index (χ3v) is 8.38. The molecule has 6 nitrogen and oxygen atoms in total. The fraction of sp³-hybridized carbons (Fsp3) is 0.577. The Bertz CT molecular complexity index is 1100. The molecule has 0 spiro atoms. The Kier molecular flexibility index (Phi) is 8.16. The van der Waals surface area contributed by atoms with E-state index in [9.17, 15) is 8.78 Å². The molecular weight excluding hydrogens is 464 g/mol. The third kappa shape index (κ3) is 6.64. The molecule has 2 atom stereocenters. The van der Waals surface area contributed by atoms with E-state index in [1.54, 1.807) is 6.33 Å². The predicted octanol–water partition coefficient (Wildman–Crippen LogP) is 6.21. The highest BCUT2D eigenvalue weighted by molar-refractivity contribution is 6.76. The van der Waals surface area contributed by atoms with Gasteiger partial charge in [-0.2, -0.15) is 5.10 Å². The molecule has 0 bridgehead atoms. The normalized spacial score (nSPS) is 19.5. The highest BCUT2D eigenvalue weighted by Crippen LogP contribution is 2.32. The molecule has 2 aromatic rings. The first kappa shape index (κ1) is 25.7. The molecule has 1 aliphatic heterocycles. The maximum Gasteiger partial charge on any atom is 0.238 e. The molecule has 0 N–H and O–H groups in total. The van der Waals surface area contributed by atoms with Crippen LogP contribution in [0.2, 0.25) is 25.7 Å². The second kappa shape index (κ2) is 11.1. The molecule has 0 saturated carbocycles. The highest BCUT2D eigenvalue weighted by Gasteiger charge is 2.30. The Labute approximate surface area is 207 Å². The number of rotatable bonds is 11. The number of fused-ring (bicyclic) bond motifs is 1. The van der Waals surface area contributed by atoms with Crippen LogP contribution in [-0.2, 0) is 11.5 Å². The van der Waals surface area contributed by atoms with Crippen molar-refractivity contribution in [2.45, 2.75) is 83.4 Å². The van der Waals surface area contributed by atoms with Crippen LogP contribution in [0.5, 0.6) is 0 Å². The summed E-state index contributed by atoms with van der Waals surface area (Å²) in [6.07, 6.45) is 9.71. The van der Waals surface area contributed by atoms with Crippen LogP contribution in [0.3, 0.4) is 0 Å². The van der Waals surface area contributed by atoms with E-state index in [0.717, 1.165) is 47.8 Å². The first-order chi connectivity index (χ1) is 16.7.